The van der Waals surface area contributed by atoms with Crippen LogP contribution in [0.15, 0.2) is 80.8 Å². The molecule has 4 aromatic heterocycles. The van der Waals surface area contributed by atoms with E-state index >= 15 is 0 Å². The maximum Gasteiger partial charge on any atom is 0.295 e. The van der Waals surface area contributed by atoms with Crippen molar-refractivity contribution < 1.29 is 45.7 Å². The van der Waals surface area contributed by atoms with Crippen molar-refractivity contribution in [2.24, 2.45) is 0 Å². The van der Waals surface area contributed by atoms with Crippen LogP contribution in [0.3, 0.4) is 0 Å². The van der Waals surface area contributed by atoms with Gasteiger partial charge in [-0.05, 0) is 56.5 Å². The molecule has 0 saturated heterocycles. The van der Waals surface area contributed by atoms with Crippen LogP contribution in [-0.2, 0) is 22.9 Å². The highest BCUT2D eigenvalue weighted by Gasteiger charge is 2.20. The number of rotatable bonds is 10. The zero-order chi connectivity index (χ0) is 39.5. The minimum atomic E-state index is -3.74. The molecule has 2 atom stereocenters. The Morgan fingerprint density at radius 3 is 1.57 bits per heavy atom. The van der Waals surface area contributed by atoms with E-state index < -0.39 is 61.6 Å². The number of aromatic nitrogens is 6. The molecule has 6 aromatic rings. The maximum absolute atomic E-state index is 13.9. The third-order valence-electron chi connectivity index (χ3n) is 7.18. The lowest BCUT2D eigenvalue weighted by Crippen LogP contribution is -2.27. The first-order valence-electron chi connectivity index (χ1n) is 15.6. The number of aliphatic hydroxyl groups excluding tert-OH is 2. The fourth-order valence-corrected chi connectivity index (χ4v) is 5.71. The Balaban J connectivity index is 0.000000208. The number of sulfone groups is 1. The molecule has 4 heterocycles. The third kappa shape index (κ3) is 9.19. The topological polar surface area (TPSA) is 189 Å². The molecule has 2 aromatic carbocycles. The second-order valence-electron chi connectivity index (χ2n) is 11.7. The maximum atomic E-state index is 13.9. The van der Waals surface area contributed by atoms with E-state index in [1.54, 1.807) is 6.26 Å². The monoisotopic (exact) mass is 790 g/mol. The highest BCUT2D eigenvalue weighted by atomic mass is 32.2. The van der Waals surface area contributed by atoms with Crippen molar-refractivity contribution in [2.75, 3.05) is 12.5 Å². The molecule has 0 spiro atoms. The Kier molecular flexibility index (Phi) is 12.0. The molecule has 0 radical (unpaired) electrons. The number of hydrogen-bond donors (Lipinski definition) is 2. The van der Waals surface area contributed by atoms with Gasteiger partial charge in [0, 0.05) is 41.6 Å². The summed E-state index contributed by atoms with van der Waals surface area (Å²) >= 11 is 1.31. The van der Waals surface area contributed by atoms with Crippen molar-refractivity contribution in [3.8, 4) is 23.0 Å². The van der Waals surface area contributed by atoms with Gasteiger partial charge in [0.15, 0.2) is 39.8 Å². The van der Waals surface area contributed by atoms with Crippen LogP contribution in [0.1, 0.15) is 13.8 Å². The zero-order valence-corrected chi connectivity index (χ0v) is 30.3. The van der Waals surface area contributed by atoms with E-state index in [1.165, 1.54) is 54.7 Å². The summed E-state index contributed by atoms with van der Waals surface area (Å²) in [5.41, 5.74) is -1.07. The predicted octanol–water partition coefficient (Wildman–Crippen LogP) is 4.61. The highest BCUT2D eigenvalue weighted by Crippen LogP contribution is 2.27. The second-order valence-corrected chi connectivity index (χ2v) is 14.4. The Labute approximate surface area is 307 Å². The van der Waals surface area contributed by atoms with Gasteiger partial charge in [-0.25, -0.2) is 40.9 Å². The normalized spacial score (nSPS) is 12.6. The Morgan fingerprint density at radius 1 is 0.722 bits per heavy atom. The van der Waals surface area contributed by atoms with Crippen LogP contribution in [0.4, 0.5) is 17.6 Å². The van der Waals surface area contributed by atoms with Crippen molar-refractivity contribution >= 4 is 43.7 Å². The number of thioether (sulfide) groups is 1. The van der Waals surface area contributed by atoms with E-state index in [0.29, 0.717) is 28.3 Å². The van der Waals surface area contributed by atoms with Gasteiger partial charge in [-0.3, -0.25) is 18.7 Å². The van der Waals surface area contributed by atoms with Gasteiger partial charge in [0.25, 0.3) is 11.1 Å². The van der Waals surface area contributed by atoms with Crippen molar-refractivity contribution in [3.63, 3.8) is 0 Å². The number of halogens is 4. The van der Waals surface area contributed by atoms with Gasteiger partial charge in [-0.1, -0.05) is 11.8 Å². The smallest absolute Gasteiger partial charge is 0.295 e. The zero-order valence-electron chi connectivity index (χ0n) is 28.7. The van der Waals surface area contributed by atoms with Crippen molar-refractivity contribution in [1.29, 1.82) is 0 Å². The molecule has 0 fully saturated rings. The first kappa shape index (κ1) is 39.8. The summed E-state index contributed by atoms with van der Waals surface area (Å²) in [6, 6.07) is 7.99. The van der Waals surface area contributed by atoms with Gasteiger partial charge in [0.05, 0.1) is 25.3 Å². The minimum Gasteiger partial charge on any atom is -0.448 e. The minimum absolute atomic E-state index is 0.0245. The van der Waals surface area contributed by atoms with Crippen molar-refractivity contribution in [2.45, 2.75) is 49.5 Å². The molecular weight excluding hydrogens is 761 g/mol. The molecule has 0 amide bonds. The first-order valence-corrected chi connectivity index (χ1v) is 18.7. The molecule has 0 aliphatic carbocycles. The summed E-state index contributed by atoms with van der Waals surface area (Å²) < 4.78 is 90.2. The number of hydrogen-bond acceptors (Lipinski definition) is 13. The van der Waals surface area contributed by atoms with E-state index in [0.717, 1.165) is 35.1 Å². The van der Waals surface area contributed by atoms with Crippen LogP contribution in [0.2, 0.25) is 0 Å². The van der Waals surface area contributed by atoms with E-state index in [9.17, 15) is 45.8 Å². The van der Waals surface area contributed by atoms with Gasteiger partial charge in [0.2, 0.25) is 15.0 Å². The second kappa shape index (κ2) is 16.3. The average molecular weight is 791 g/mol. The number of ether oxygens (including phenoxy) is 2. The predicted molar refractivity (Wildman–Crippen MR) is 189 cm³/mol. The molecule has 0 bridgehead atoms. The molecule has 0 unspecified atom stereocenters. The molecule has 14 nitrogen and oxygen atoms in total. The Morgan fingerprint density at radius 2 is 1.17 bits per heavy atom. The first-order chi connectivity index (χ1) is 25.4. The van der Waals surface area contributed by atoms with Gasteiger partial charge < -0.3 is 19.7 Å². The molecule has 6 rings (SSSR count). The van der Waals surface area contributed by atoms with Gasteiger partial charge >= 0.3 is 0 Å². The lowest BCUT2D eigenvalue weighted by molar-refractivity contribution is 0.172. The van der Waals surface area contributed by atoms with Crippen LogP contribution in [0, 0.1) is 23.3 Å². The molecule has 2 N–H and O–H groups in total. The van der Waals surface area contributed by atoms with Crippen LogP contribution in [0.25, 0.3) is 22.1 Å². The number of benzene rings is 2. The molecule has 0 aliphatic rings. The lowest BCUT2D eigenvalue weighted by atomic mass is 10.3. The fourth-order valence-electron chi connectivity index (χ4n) is 4.88. The molecule has 284 valence electrons. The van der Waals surface area contributed by atoms with E-state index in [1.807, 2.05) is 0 Å². The summed E-state index contributed by atoms with van der Waals surface area (Å²) in [7, 11) is -3.74. The molecule has 0 aliphatic heterocycles. The quantitative estimate of drug-likeness (QED) is 0.111. The molecule has 54 heavy (non-hydrogen) atoms. The molecule has 0 saturated carbocycles. The van der Waals surface area contributed by atoms with E-state index in [-0.39, 0.29) is 47.1 Å². The van der Waals surface area contributed by atoms with Crippen molar-refractivity contribution in [1.82, 2.24) is 29.1 Å². The van der Waals surface area contributed by atoms with Gasteiger partial charge in [-0.2, -0.15) is 4.98 Å². The number of nitrogens with zero attached hydrogens (tertiary/aromatic N) is 6. The van der Waals surface area contributed by atoms with Gasteiger partial charge in [-0.15, -0.1) is 0 Å². The van der Waals surface area contributed by atoms with Crippen LogP contribution < -0.4 is 20.6 Å². The third-order valence-corrected chi connectivity index (χ3v) is 8.60. The van der Waals surface area contributed by atoms with Gasteiger partial charge in [0.1, 0.15) is 22.9 Å². The van der Waals surface area contributed by atoms with Crippen LogP contribution in [0.5, 0.6) is 23.0 Å². The average Bonchev–Trinajstić information content (AvgIpc) is 3.10. The highest BCUT2D eigenvalue weighted by molar-refractivity contribution is 7.98. The summed E-state index contributed by atoms with van der Waals surface area (Å²) in [5.74, 6) is -4.66. The van der Waals surface area contributed by atoms with E-state index in [4.69, 9.17) is 9.47 Å². The Bertz CT molecular complexity index is 2610. The summed E-state index contributed by atoms with van der Waals surface area (Å²) in [6.07, 6.45) is 3.61. The Hall–Kier alpha value is -5.44. The van der Waals surface area contributed by atoms with Crippen molar-refractivity contribution in [3.05, 3.63) is 105 Å². The van der Waals surface area contributed by atoms with Crippen LogP contribution in [-0.4, -0.2) is 72.4 Å². The summed E-state index contributed by atoms with van der Waals surface area (Å²) in [6.45, 7) is 2.70. The van der Waals surface area contributed by atoms with E-state index in [2.05, 4.69) is 19.9 Å². The number of pyridine rings is 2. The molecular formula is C34H30F4N6O8S2. The molecule has 20 heteroatoms. The standard InChI is InChI=1S/C17H15F2N3O5S.C17H15F2N3O3S/c1-9(23)8-22-15-10(7-20-17(21-15)28(2,25)26)5-14(16(22)24)27-13-4-3-11(18)6-12(13)19;1-9(23)8-22-15-10(7-20-17(21-15)26-2)5-14(16(22)24)25-13-4-3-11(18)6-12(13)19/h3-7,9,23H,8H2,1-2H3;3-7,9,23H,8H2,1-2H3/t2*9-/m00/s1. The SMILES string of the molecule is CSc1ncc2cc(Oc3ccc(F)cc3F)c(=O)n(C[C@H](C)O)c2n1.C[C@H](O)Cn1c(=O)c(Oc2ccc(F)cc2F)cc2cnc(S(C)(=O)=O)nc21. The summed E-state index contributed by atoms with van der Waals surface area (Å²) in [5, 5.41) is 20.1. The fraction of sp³-hybridized carbons (Fsp3) is 0.235. The van der Waals surface area contributed by atoms with Crippen LogP contribution >= 0.6 is 11.8 Å². The lowest BCUT2D eigenvalue weighted by Gasteiger charge is -2.14. The summed E-state index contributed by atoms with van der Waals surface area (Å²) in [4.78, 5) is 41.7. The number of aliphatic hydroxyl groups is 2. The number of fused-ring (bicyclic) bond motifs is 2. The largest absolute Gasteiger partial charge is 0.448 e.